The maximum Gasteiger partial charge on any atom is 0.410 e. The number of ether oxygens (including phenoxy) is 1. The van der Waals surface area contributed by atoms with Crippen LogP contribution in [-0.4, -0.2) is 51.9 Å². The average molecular weight is 325 g/mol. The van der Waals surface area contributed by atoms with Gasteiger partial charge < -0.3 is 25.2 Å². The minimum absolute atomic E-state index is 0.0875. The minimum atomic E-state index is -0.519. The predicted octanol–water partition coefficient (Wildman–Crippen LogP) is 1.54. The number of hydrogen-bond acceptors (Lipinski definition) is 6. The molecule has 0 fully saturated rings. The van der Waals surface area contributed by atoms with Gasteiger partial charge in [0.05, 0.1) is 12.3 Å². The van der Waals surface area contributed by atoms with Crippen molar-refractivity contribution in [2.75, 3.05) is 20.1 Å². The smallest absolute Gasteiger partial charge is 0.410 e. The lowest BCUT2D eigenvalue weighted by atomic mass is 10.1. The molecule has 0 aliphatic heterocycles. The van der Waals surface area contributed by atoms with Crippen LogP contribution < -0.4 is 5.32 Å². The van der Waals surface area contributed by atoms with Gasteiger partial charge in [0.15, 0.2) is 0 Å². The molecule has 0 unspecified atom stereocenters. The van der Waals surface area contributed by atoms with Gasteiger partial charge in [-0.05, 0) is 27.7 Å². The van der Waals surface area contributed by atoms with Gasteiger partial charge in [-0.25, -0.2) is 4.79 Å². The Kier molecular flexibility index (Phi) is 6.78. The summed E-state index contributed by atoms with van der Waals surface area (Å²) in [4.78, 5) is 17.3. The second-order valence-electron chi connectivity index (χ2n) is 6.43. The van der Waals surface area contributed by atoms with Gasteiger partial charge in [-0.15, -0.1) is 0 Å². The maximum atomic E-state index is 11.8. The Labute approximate surface area is 137 Å². The van der Waals surface area contributed by atoms with Crippen molar-refractivity contribution < 1.29 is 19.7 Å². The topological polar surface area (TPSA) is 94.9 Å². The number of nitrogens with zero attached hydrogens (tertiary/aromatic N) is 2. The molecule has 1 heterocycles. The van der Waals surface area contributed by atoms with Crippen LogP contribution in [0.2, 0.25) is 0 Å². The van der Waals surface area contributed by atoms with E-state index < -0.39 is 5.60 Å². The molecule has 1 amide bonds. The molecule has 0 bridgehead atoms. The molecule has 1 aromatic heterocycles. The minimum Gasteiger partial charge on any atom is -0.506 e. The van der Waals surface area contributed by atoms with Gasteiger partial charge in [0.1, 0.15) is 11.4 Å². The zero-order valence-corrected chi connectivity index (χ0v) is 14.5. The van der Waals surface area contributed by atoms with Gasteiger partial charge in [-0.2, -0.15) is 0 Å². The highest BCUT2D eigenvalue weighted by Gasteiger charge is 2.19. The number of nitrogens with one attached hydrogen (secondary N) is 1. The molecule has 0 aromatic carbocycles. The average Bonchev–Trinajstić information content (AvgIpc) is 2.45. The van der Waals surface area contributed by atoms with Gasteiger partial charge in [-0.1, -0.05) is 0 Å². The van der Waals surface area contributed by atoms with Crippen LogP contribution in [0.25, 0.3) is 0 Å². The number of aliphatic hydroxyl groups is 1. The highest BCUT2D eigenvalue weighted by molar-refractivity contribution is 5.67. The van der Waals surface area contributed by atoms with Gasteiger partial charge >= 0.3 is 6.09 Å². The number of amides is 1. The summed E-state index contributed by atoms with van der Waals surface area (Å²) >= 11 is 0. The lowest BCUT2D eigenvalue weighted by molar-refractivity contribution is 0.0300. The van der Waals surface area contributed by atoms with E-state index in [0.717, 1.165) is 0 Å². The van der Waals surface area contributed by atoms with E-state index in [9.17, 15) is 15.0 Å². The molecule has 0 aliphatic rings. The third-order valence-electron chi connectivity index (χ3n) is 3.23. The molecule has 1 aromatic rings. The van der Waals surface area contributed by atoms with E-state index >= 15 is 0 Å². The zero-order chi connectivity index (χ0) is 17.6. The second-order valence-corrected chi connectivity index (χ2v) is 6.43. The van der Waals surface area contributed by atoms with E-state index in [2.05, 4.69) is 10.3 Å². The highest BCUT2D eigenvalue weighted by atomic mass is 16.6. The van der Waals surface area contributed by atoms with Crippen LogP contribution in [0.4, 0.5) is 4.79 Å². The molecule has 7 heteroatoms. The van der Waals surface area contributed by atoms with Crippen LogP contribution in [0, 0.1) is 6.92 Å². The summed E-state index contributed by atoms with van der Waals surface area (Å²) in [6.45, 7) is 8.36. The second kappa shape index (κ2) is 8.12. The molecule has 130 valence electrons. The number of aromatic hydroxyl groups is 1. The first-order chi connectivity index (χ1) is 10.7. The van der Waals surface area contributed by atoms with Crippen LogP contribution in [0.3, 0.4) is 0 Å². The van der Waals surface area contributed by atoms with E-state index in [0.29, 0.717) is 36.5 Å². The van der Waals surface area contributed by atoms with Gasteiger partial charge in [0.25, 0.3) is 0 Å². The molecule has 0 spiro atoms. The Bertz CT molecular complexity index is 541. The van der Waals surface area contributed by atoms with Crippen molar-refractivity contribution in [1.82, 2.24) is 15.2 Å². The number of pyridine rings is 1. The molecule has 0 atom stereocenters. The number of rotatable bonds is 6. The number of carbonyl (C=O) groups excluding carboxylic acids is 1. The van der Waals surface area contributed by atoms with E-state index in [1.165, 1.54) is 4.90 Å². The summed E-state index contributed by atoms with van der Waals surface area (Å²) in [5, 5.41) is 22.5. The molecular formula is C16H27N3O4. The summed E-state index contributed by atoms with van der Waals surface area (Å²) in [5.41, 5.74) is 1.21. The SMILES string of the molecule is Cc1ncc(CO)c(CNCCN(C)C(=O)OC(C)(C)C)c1O. The van der Waals surface area contributed by atoms with E-state index in [1.54, 1.807) is 20.2 Å². The molecule has 7 nitrogen and oxygen atoms in total. The number of hydrogen-bond donors (Lipinski definition) is 3. The van der Waals surface area contributed by atoms with Crippen LogP contribution in [0.1, 0.15) is 37.6 Å². The van der Waals surface area contributed by atoms with Crippen molar-refractivity contribution in [3.8, 4) is 5.75 Å². The largest absolute Gasteiger partial charge is 0.506 e. The van der Waals surface area contributed by atoms with E-state index in [4.69, 9.17) is 4.74 Å². The number of likely N-dealkylation sites (N-methyl/N-ethyl adjacent to an activating group) is 1. The lowest BCUT2D eigenvalue weighted by Crippen LogP contribution is -2.37. The lowest BCUT2D eigenvalue weighted by Gasteiger charge is -2.24. The van der Waals surface area contributed by atoms with Crippen LogP contribution >= 0.6 is 0 Å². The van der Waals surface area contributed by atoms with Crippen LogP contribution in [0.5, 0.6) is 5.75 Å². The summed E-state index contributed by atoms with van der Waals surface area (Å²) in [6.07, 6.45) is 1.18. The fourth-order valence-corrected chi connectivity index (χ4v) is 1.91. The van der Waals surface area contributed by atoms with Crippen LogP contribution in [0.15, 0.2) is 6.20 Å². The first-order valence-electron chi connectivity index (χ1n) is 7.57. The fraction of sp³-hybridized carbons (Fsp3) is 0.625. The number of aryl methyl sites for hydroxylation is 1. The van der Waals surface area contributed by atoms with Crippen molar-refractivity contribution >= 4 is 6.09 Å². The van der Waals surface area contributed by atoms with E-state index in [1.807, 2.05) is 20.8 Å². The van der Waals surface area contributed by atoms with Gasteiger partial charge in [0, 0.05) is 44.0 Å². The molecular weight excluding hydrogens is 298 g/mol. The van der Waals surface area contributed by atoms with Crippen molar-refractivity contribution in [2.45, 2.75) is 46.4 Å². The maximum absolute atomic E-state index is 11.8. The predicted molar refractivity (Wildman–Crippen MR) is 87.1 cm³/mol. The molecule has 23 heavy (non-hydrogen) atoms. The Morgan fingerprint density at radius 3 is 2.65 bits per heavy atom. The zero-order valence-electron chi connectivity index (χ0n) is 14.5. The highest BCUT2D eigenvalue weighted by Crippen LogP contribution is 2.23. The summed E-state index contributed by atoms with van der Waals surface area (Å²) in [7, 11) is 1.67. The molecule has 3 N–H and O–H groups in total. The van der Waals surface area contributed by atoms with Crippen molar-refractivity contribution in [3.05, 3.63) is 23.0 Å². The first kappa shape index (κ1) is 19.2. The van der Waals surface area contributed by atoms with Crippen LogP contribution in [-0.2, 0) is 17.9 Å². The number of aromatic nitrogens is 1. The third kappa shape index (κ3) is 6.03. The third-order valence-corrected chi connectivity index (χ3v) is 3.23. The molecule has 0 saturated heterocycles. The van der Waals surface area contributed by atoms with Crippen molar-refractivity contribution in [2.24, 2.45) is 0 Å². The Balaban J connectivity index is 2.49. The standard InChI is InChI=1S/C16H27N3O4/c1-11-14(21)13(12(10-20)8-18-11)9-17-6-7-19(5)15(22)23-16(2,3)4/h8,17,20-21H,6-7,9-10H2,1-5H3. The summed E-state index contributed by atoms with van der Waals surface area (Å²) in [5.74, 6) is 0.0875. The molecule has 1 rings (SSSR count). The van der Waals surface area contributed by atoms with Gasteiger partial charge in [0.2, 0.25) is 0 Å². The Morgan fingerprint density at radius 2 is 2.09 bits per heavy atom. The van der Waals surface area contributed by atoms with Crippen molar-refractivity contribution in [3.63, 3.8) is 0 Å². The molecule has 0 aliphatic carbocycles. The van der Waals surface area contributed by atoms with Crippen molar-refractivity contribution in [1.29, 1.82) is 0 Å². The Hall–Kier alpha value is -1.86. The monoisotopic (exact) mass is 325 g/mol. The summed E-state index contributed by atoms with van der Waals surface area (Å²) < 4.78 is 5.26. The van der Waals surface area contributed by atoms with Gasteiger partial charge in [-0.3, -0.25) is 4.98 Å². The number of aliphatic hydroxyl groups excluding tert-OH is 1. The Morgan fingerprint density at radius 1 is 1.43 bits per heavy atom. The fourth-order valence-electron chi connectivity index (χ4n) is 1.91. The normalized spacial score (nSPS) is 11.4. The first-order valence-corrected chi connectivity index (χ1v) is 7.57. The van der Waals surface area contributed by atoms with E-state index in [-0.39, 0.29) is 18.4 Å². The molecule has 0 saturated carbocycles. The quantitative estimate of drug-likeness (QED) is 0.687. The summed E-state index contributed by atoms with van der Waals surface area (Å²) in [6, 6.07) is 0. The molecule has 0 radical (unpaired) electrons. The number of carbonyl (C=O) groups is 1.